The first-order chi connectivity index (χ1) is 13.0. The summed E-state index contributed by atoms with van der Waals surface area (Å²) < 4.78 is 40.5. The summed E-state index contributed by atoms with van der Waals surface area (Å²) in [5.74, 6) is 0. The van der Waals surface area contributed by atoms with E-state index in [-0.39, 0.29) is 6.04 Å². The van der Waals surface area contributed by atoms with E-state index in [2.05, 4.69) is 27.3 Å². The number of hydrogen-bond donors (Lipinski definition) is 0. The van der Waals surface area contributed by atoms with Crippen LogP contribution in [-0.4, -0.2) is 33.0 Å². The molecule has 27 heavy (non-hydrogen) atoms. The Bertz CT molecular complexity index is 905. The molecule has 0 bridgehead atoms. The number of benzene rings is 2. The predicted octanol–water partition coefficient (Wildman–Crippen LogP) is 4.41. The van der Waals surface area contributed by atoms with Gasteiger partial charge in [0, 0.05) is 25.2 Å². The third-order valence-electron chi connectivity index (χ3n) is 4.87. The highest BCUT2D eigenvalue weighted by atomic mass is 19.4. The van der Waals surface area contributed by atoms with Crippen molar-refractivity contribution < 1.29 is 13.2 Å². The monoisotopic (exact) mass is 372 g/mol. The molecule has 0 saturated carbocycles. The SMILES string of the molecule is FC(F)(F)c1cccc(-c2cn(C3CCN(Cc4ccccc4)C3)nn2)c1. The number of halogens is 3. The van der Waals surface area contributed by atoms with Crippen molar-refractivity contribution in [1.29, 1.82) is 0 Å². The Morgan fingerprint density at radius 1 is 1.04 bits per heavy atom. The van der Waals surface area contributed by atoms with E-state index >= 15 is 0 Å². The molecule has 0 spiro atoms. The molecule has 2 aromatic carbocycles. The average molecular weight is 372 g/mol. The van der Waals surface area contributed by atoms with Gasteiger partial charge in [-0.1, -0.05) is 47.7 Å². The van der Waals surface area contributed by atoms with Gasteiger partial charge in [0.15, 0.2) is 0 Å². The molecule has 0 amide bonds. The summed E-state index contributed by atoms with van der Waals surface area (Å²) in [5, 5.41) is 8.26. The fraction of sp³-hybridized carbons (Fsp3) is 0.300. The van der Waals surface area contributed by atoms with E-state index in [1.54, 1.807) is 16.9 Å². The molecular formula is C20H19F3N4. The Kier molecular flexibility index (Phi) is 4.70. The molecule has 1 aromatic heterocycles. The molecule has 0 radical (unpaired) electrons. The maximum Gasteiger partial charge on any atom is 0.416 e. The molecule has 7 heteroatoms. The zero-order valence-corrected chi connectivity index (χ0v) is 14.6. The summed E-state index contributed by atoms with van der Waals surface area (Å²) in [5.41, 5.74) is 1.48. The standard InChI is InChI=1S/C20H19F3N4/c21-20(22,23)17-8-4-7-16(11-17)19-14-27(25-24-19)18-9-10-26(13-18)12-15-5-2-1-3-6-15/h1-8,11,14,18H,9-10,12-13H2. The Morgan fingerprint density at radius 3 is 2.63 bits per heavy atom. The third-order valence-corrected chi connectivity index (χ3v) is 4.87. The highest BCUT2D eigenvalue weighted by molar-refractivity contribution is 5.59. The van der Waals surface area contributed by atoms with Crippen LogP contribution in [0.25, 0.3) is 11.3 Å². The fourth-order valence-electron chi connectivity index (χ4n) is 3.46. The first-order valence-corrected chi connectivity index (χ1v) is 8.85. The van der Waals surface area contributed by atoms with Gasteiger partial charge < -0.3 is 0 Å². The van der Waals surface area contributed by atoms with Crippen molar-refractivity contribution >= 4 is 0 Å². The van der Waals surface area contributed by atoms with Crippen molar-refractivity contribution in [2.75, 3.05) is 13.1 Å². The smallest absolute Gasteiger partial charge is 0.297 e. The third kappa shape index (κ3) is 4.03. The molecule has 4 nitrogen and oxygen atoms in total. The molecule has 1 saturated heterocycles. The van der Waals surface area contributed by atoms with Crippen LogP contribution in [0.15, 0.2) is 60.8 Å². The zero-order valence-electron chi connectivity index (χ0n) is 14.6. The van der Waals surface area contributed by atoms with Gasteiger partial charge in [0.05, 0.1) is 17.8 Å². The topological polar surface area (TPSA) is 34.0 Å². The Balaban J connectivity index is 1.46. The molecule has 0 aliphatic carbocycles. The molecule has 1 fully saturated rings. The van der Waals surface area contributed by atoms with Gasteiger partial charge in [0.2, 0.25) is 0 Å². The minimum Gasteiger partial charge on any atom is -0.297 e. The minimum absolute atomic E-state index is 0.181. The Morgan fingerprint density at radius 2 is 1.85 bits per heavy atom. The number of alkyl halides is 3. The van der Waals surface area contributed by atoms with E-state index in [0.717, 1.165) is 38.2 Å². The number of likely N-dealkylation sites (tertiary alicyclic amines) is 1. The summed E-state index contributed by atoms with van der Waals surface area (Å²) in [6, 6.07) is 15.7. The van der Waals surface area contributed by atoms with Crippen molar-refractivity contribution in [2.24, 2.45) is 0 Å². The Hall–Kier alpha value is -2.67. The molecule has 1 aliphatic rings. The van der Waals surface area contributed by atoms with Gasteiger partial charge in [-0.05, 0) is 24.1 Å². The molecule has 0 N–H and O–H groups in total. The van der Waals surface area contributed by atoms with Crippen LogP contribution >= 0.6 is 0 Å². The lowest BCUT2D eigenvalue weighted by Gasteiger charge is -2.15. The van der Waals surface area contributed by atoms with Gasteiger partial charge in [0.25, 0.3) is 0 Å². The number of aromatic nitrogens is 3. The predicted molar refractivity (Wildman–Crippen MR) is 95.8 cm³/mol. The van der Waals surface area contributed by atoms with E-state index in [1.165, 1.54) is 11.6 Å². The van der Waals surface area contributed by atoms with Crippen LogP contribution in [-0.2, 0) is 12.7 Å². The number of hydrogen-bond acceptors (Lipinski definition) is 3. The van der Waals surface area contributed by atoms with Gasteiger partial charge in [-0.2, -0.15) is 13.2 Å². The normalized spacial score (nSPS) is 18.1. The van der Waals surface area contributed by atoms with Crippen molar-refractivity contribution in [3.63, 3.8) is 0 Å². The zero-order chi connectivity index (χ0) is 18.9. The average Bonchev–Trinajstić information content (AvgIpc) is 3.31. The van der Waals surface area contributed by atoms with Crippen LogP contribution in [0, 0.1) is 0 Å². The van der Waals surface area contributed by atoms with Crippen molar-refractivity contribution in [3.05, 3.63) is 71.9 Å². The first kappa shape index (κ1) is 17.7. The molecule has 140 valence electrons. The van der Waals surface area contributed by atoms with Crippen LogP contribution in [0.1, 0.15) is 23.6 Å². The van der Waals surface area contributed by atoms with E-state index in [0.29, 0.717) is 11.3 Å². The lowest BCUT2D eigenvalue weighted by Crippen LogP contribution is -2.21. The number of rotatable bonds is 4. The summed E-state index contributed by atoms with van der Waals surface area (Å²) >= 11 is 0. The molecule has 1 aliphatic heterocycles. The molecule has 1 unspecified atom stereocenters. The van der Waals surface area contributed by atoms with E-state index in [9.17, 15) is 13.2 Å². The van der Waals surface area contributed by atoms with Crippen LogP contribution in [0.5, 0.6) is 0 Å². The van der Waals surface area contributed by atoms with E-state index in [4.69, 9.17) is 0 Å². The second kappa shape index (κ2) is 7.15. The molecule has 2 heterocycles. The second-order valence-corrected chi connectivity index (χ2v) is 6.83. The number of nitrogens with zero attached hydrogens (tertiary/aromatic N) is 4. The summed E-state index contributed by atoms with van der Waals surface area (Å²) in [4.78, 5) is 2.35. The molecule has 4 rings (SSSR count). The van der Waals surface area contributed by atoms with Gasteiger partial charge in [-0.3, -0.25) is 4.90 Å². The molecular weight excluding hydrogens is 353 g/mol. The highest BCUT2D eigenvalue weighted by Crippen LogP contribution is 2.32. The summed E-state index contributed by atoms with van der Waals surface area (Å²) in [7, 11) is 0. The quantitative estimate of drug-likeness (QED) is 0.680. The second-order valence-electron chi connectivity index (χ2n) is 6.83. The van der Waals surface area contributed by atoms with Gasteiger partial charge in [-0.25, -0.2) is 4.68 Å². The summed E-state index contributed by atoms with van der Waals surface area (Å²) in [6.07, 6.45) is -1.68. The van der Waals surface area contributed by atoms with E-state index < -0.39 is 11.7 Å². The maximum atomic E-state index is 12.9. The van der Waals surface area contributed by atoms with Crippen molar-refractivity contribution in [1.82, 2.24) is 19.9 Å². The first-order valence-electron chi connectivity index (χ1n) is 8.85. The van der Waals surface area contributed by atoms with Crippen LogP contribution in [0.4, 0.5) is 13.2 Å². The minimum atomic E-state index is -4.37. The largest absolute Gasteiger partial charge is 0.416 e. The maximum absolute atomic E-state index is 12.9. The van der Waals surface area contributed by atoms with Crippen LogP contribution in [0.2, 0.25) is 0 Å². The van der Waals surface area contributed by atoms with Gasteiger partial charge in [0.1, 0.15) is 5.69 Å². The van der Waals surface area contributed by atoms with Crippen molar-refractivity contribution in [3.8, 4) is 11.3 Å². The lowest BCUT2D eigenvalue weighted by molar-refractivity contribution is -0.137. The molecule has 3 aromatic rings. The molecule has 1 atom stereocenters. The summed E-state index contributed by atoms with van der Waals surface area (Å²) in [6.45, 7) is 2.69. The van der Waals surface area contributed by atoms with Crippen molar-refractivity contribution in [2.45, 2.75) is 25.2 Å². The van der Waals surface area contributed by atoms with Gasteiger partial charge >= 0.3 is 6.18 Å². The fourth-order valence-corrected chi connectivity index (χ4v) is 3.46. The highest BCUT2D eigenvalue weighted by Gasteiger charge is 2.31. The van der Waals surface area contributed by atoms with Gasteiger partial charge in [-0.15, -0.1) is 5.10 Å². The Labute approximate surface area is 155 Å². The van der Waals surface area contributed by atoms with Crippen LogP contribution < -0.4 is 0 Å². The van der Waals surface area contributed by atoms with Crippen LogP contribution in [0.3, 0.4) is 0 Å². The lowest BCUT2D eigenvalue weighted by atomic mass is 10.1. The van der Waals surface area contributed by atoms with E-state index in [1.807, 2.05) is 18.2 Å².